The van der Waals surface area contributed by atoms with Crippen molar-refractivity contribution in [2.45, 2.75) is 13.0 Å². The lowest BCUT2D eigenvalue weighted by Crippen LogP contribution is -2.51. The van der Waals surface area contributed by atoms with E-state index in [1.54, 1.807) is 21.5 Å². The maximum absolute atomic E-state index is 12.2. The van der Waals surface area contributed by atoms with Gasteiger partial charge in [0.25, 0.3) is 0 Å². The summed E-state index contributed by atoms with van der Waals surface area (Å²) < 4.78 is 1.39. The predicted octanol–water partition coefficient (Wildman–Crippen LogP) is -0.957. The summed E-state index contributed by atoms with van der Waals surface area (Å²) >= 11 is 1.48. The summed E-state index contributed by atoms with van der Waals surface area (Å²) in [7, 11) is 0. The van der Waals surface area contributed by atoms with Crippen LogP contribution in [0.3, 0.4) is 0 Å². The molecular weight excluding hydrogens is 306 g/mol. The van der Waals surface area contributed by atoms with Crippen molar-refractivity contribution in [1.82, 2.24) is 35.0 Å². The summed E-state index contributed by atoms with van der Waals surface area (Å²) in [4.78, 5) is 32.7. The van der Waals surface area contributed by atoms with Crippen LogP contribution in [0, 0.1) is 0 Å². The van der Waals surface area contributed by atoms with Crippen LogP contribution in [0.15, 0.2) is 18.0 Å². The zero-order valence-corrected chi connectivity index (χ0v) is 12.6. The lowest BCUT2D eigenvalue weighted by molar-refractivity contribution is -0.139. The van der Waals surface area contributed by atoms with Crippen molar-refractivity contribution in [3.8, 4) is 0 Å². The smallest absolute Gasteiger partial charge is 0.244 e. The van der Waals surface area contributed by atoms with Gasteiger partial charge in [-0.1, -0.05) is 0 Å². The molecule has 0 atom stereocenters. The van der Waals surface area contributed by atoms with E-state index < -0.39 is 0 Å². The summed E-state index contributed by atoms with van der Waals surface area (Å²) in [6.07, 6.45) is 3.50. The fourth-order valence-electron chi connectivity index (χ4n) is 2.29. The van der Waals surface area contributed by atoms with Crippen molar-refractivity contribution in [2.75, 3.05) is 26.2 Å². The molecule has 1 fully saturated rings. The Morgan fingerprint density at radius 1 is 1.14 bits per heavy atom. The molecule has 0 spiro atoms. The third-order valence-corrected chi connectivity index (χ3v) is 4.26. The molecule has 1 aliphatic heterocycles. The third kappa shape index (κ3) is 3.45. The molecule has 10 heteroatoms. The first-order chi connectivity index (χ1) is 10.7. The summed E-state index contributed by atoms with van der Waals surface area (Å²) in [6.45, 7) is 2.31. The molecule has 0 bridgehead atoms. The molecule has 1 saturated heterocycles. The second-order valence-electron chi connectivity index (χ2n) is 4.91. The van der Waals surface area contributed by atoms with Crippen LogP contribution in [0.1, 0.15) is 4.88 Å². The van der Waals surface area contributed by atoms with Crippen molar-refractivity contribution < 1.29 is 9.59 Å². The Morgan fingerprint density at radius 3 is 2.45 bits per heavy atom. The lowest BCUT2D eigenvalue weighted by Gasteiger charge is -2.34. The van der Waals surface area contributed by atoms with Gasteiger partial charge in [-0.15, -0.1) is 16.4 Å². The minimum Gasteiger partial charge on any atom is -0.339 e. The van der Waals surface area contributed by atoms with Crippen LogP contribution in [0.4, 0.5) is 0 Å². The molecule has 2 amide bonds. The molecule has 9 nitrogen and oxygen atoms in total. The number of thiazole rings is 1. The van der Waals surface area contributed by atoms with Gasteiger partial charge < -0.3 is 9.80 Å². The summed E-state index contributed by atoms with van der Waals surface area (Å²) in [5.74, 6) is 0.0404. The van der Waals surface area contributed by atoms with Crippen LogP contribution >= 0.6 is 11.3 Å². The van der Waals surface area contributed by atoms with Crippen LogP contribution in [-0.2, 0) is 22.6 Å². The van der Waals surface area contributed by atoms with Gasteiger partial charge >= 0.3 is 0 Å². The van der Waals surface area contributed by atoms with Gasteiger partial charge in [-0.3, -0.25) is 14.6 Å². The van der Waals surface area contributed by atoms with Gasteiger partial charge in [0.1, 0.15) is 12.9 Å². The van der Waals surface area contributed by atoms with E-state index in [1.807, 2.05) is 0 Å². The molecular formula is C12H15N7O2S. The minimum atomic E-state index is -0.0399. The van der Waals surface area contributed by atoms with Gasteiger partial charge in [0, 0.05) is 37.3 Å². The Kier molecular flexibility index (Phi) is 4.37. The second kappa shape index (κ2) is 6.60. The van der Waals surface area contributed by atoms with Gasteiger partial charge in [0.15, 0.2) is 0 Å². The first-order valence-corrected chi connectivity index (χ1v) is 7.74. The molecule has 0 unspecified atom stereocenters. The van der Waals surface area contributed by atoms with Crippen molar-refractivity contribution in [2.24, 2.45) is 0 Å². The highest BCUT2D eigenvalue weighted by Crippen LogP contribution is 2.10. The molecule has 0 saturated carbocycles. The highest BCUT2D eigenvalue weighted by Gasteiger charge is 2.24. The zero-order valence-electron chi connectivity index (χ0n) is 11.8. The molecule has 22 heavy (non-hydrogen) atoms. The second-order valence-corrected chi connectivity index (χ2v) is 5.88. The molecule has 2 aromatic rings. The highest BCUT2D eigenvalue weighted by atomic mass is 32.1. The number of hydrogen-bond donors (Lipinski definition) is 0. The molecule has 0 aliphatic carbocycles. The van der Waals surface area contributed by atoms with Crippen molar-refractivity contribution in [3.05, 3.63) is 22.9 Å². The standard InChI is InChI=1S/C12H15N7O2S/c20-11(5-10-6-13-9-22-10)17-1-3-18(4-2-17)12(21)7-19-8-14-15-16-19/h6,8-9H,1-5,7H2. The first-order valence-electron chi connectivity index (χ1n) is 6.86. The van der Waals surface area contributed by atoms with E-state index in [0.717, 1.165) is 4.88 Å². The molecule has 0 N–H and O–H groups in total. The Morgan fingerprint density at radius 2 is 1.86 bits per heavy atom. The largest absolute Gasteiger partial charge is 0.339 e. The number of rotatable bonds is 4. The van der Waals surface area contributed by atoms with Gasteiger partial charge in [-0.2, -0.15) is 0 Å². The Bertz CT molecular complexity index is 564. The van der Waals surface area contributed by atoms with E-state index in [1.165, 1.54) is 22.3 Å². The number of tetrazole rings is 1. The third-order valence-electron chi connectivity index (χ3n) is 3.48. The van der Waals surface area contributed by atoms with Gasteiger partial charge in [0.2, 0.25) is 11.8 Å². The van der Waals surface area contributed by atoms with Gasteiger partial charge in [0.05, 0.1) is 11.9 Å². The maximum atomic E-state index is 12.2. The van der Waals surface area contributed by atoms with Crippen molar-refractivity contribution >= 4 is 23.2 Å². The normalized spacial score (nSPS) is 15.1. The summed E-state index contributed by atoms with van der Waals surface area (Å²) in [6, 6.07) is 0. The minimum absolute atomic E-state index is 0.0399. The number of piperazine rings is 1. The van der Waals surface area contributed by atoms with Gasteiger partial charge in [-0.25, -0.2) is 4.68 Å². The maximum Gasteiger partial charge on any atom is 0.244 e. The summed E-state index contributed by atoms with van der Waals surface area (Å²) in [5, 5.41) is 10.7. The molecule has 3 heterocycles. The van der Waals surface area contributed by atoms with Crippen LogP contribution in [-0.4, -0.2) is 73.0 Å². The van der Waals surface area contributed by atoms with Crippen molar-refractivity contribution in [1.29, 1.82) is 0 Å². The molecule has 2 aromatic heterocycles. The topological polar surface area (TPSA) is 97.1 Å². The number of carbonyl (C=O) groups excluding carboxylic acids is 2. The average Bonchev–Trinajstić information content (AvgIpc) is 3.21. The number of carbonyl (C=O) groups is 2. The molecule has 3 rings (SSSR count). The predicted molar refractivity (Wildman–Crippen MR) is 76.8 cm³/mol. The fraction of sp³-hybridized carbons (Fsp3) is 0.500. The monoisotopic (exact) mass is 321 g/mol. The molecule has 0 radical (unpaired) electrons. The van der Waals surface area contributed by atoms with E-state index in [9.17, 15) is 9.59 Å². The zero-order chi connectivity index (χ0) is 15.4. The van der Waals surface area contributed by atoms with E-state index in [0.29, 0.717) is 32.6 Å². The quantitative estimate of drug-likeness (QED) is 0.720. The number of aromatic nitrogens is 5. The lowest BCUT2D eigenvalue weighted by atomic mass is 10.2. The van der Waals surface area contributed by atoms with Crippen molar-refractivity contribution in [3.63, 3.8) is 0 Å². The Labute approximate surface area is 130 Å². The number of hydrogen-bond acceptors (Lipinski definition) is 7. The van der Waals surface area contributed by atoms with E-state index in [4.69, 9.17) is 0 Å². The van der Waals surface area contributed by atoms with E-state index >= 15 is 0 Å². The van der Waals surface area contributed by atoms with Gasteiger partial charge in [-0.05, 0) is 10.4 Å². The number of amides is 2. The highest BCUT2D eigenvalue weighted by molar-refractivity contribution is 7.09. The molecule has 1 aliphatic rings. The van der Waals surface area contributed by atoms with Crippen LogP contribution in [0.5, 0.6) is 0 Å². The average molecular weight is 321 g/mol. The van der Waals surface area contributed by atoms with E-state index in [-0.39, 0.29) is 18.4 Å². The number of nitrogens with zero attached hydrogens (tertiary/aromatic N) is 7. The van der Waals surface area contributed by atoms with Crippen LogP contribution in [0.25, 0.3) is 0 Å². The van der Waals surface area contributed by atoms with Crippen LogP contribution in [0.2, 0.25) is 0 Å². The first kappa shape index (κ1) is 14.6. The Balaban J connectivity index is 1.47. The molecule has 0 aromatic carbocycles. The fourth-order valence-corrected chi connectivity index (χ4v) is 2.87. The SMILES string of the molecule is O=C(Cc1cncs1)N1CCN(C(=O)Cn2cnnn2)CC1. The summed E-state index contributed by atoms with van der Waals surface area (Å²) in [5.41, 5.74) is 1.72. The van der Waals surface area contributed by atoms with E-state index in [2.05, 4.69) is 20.5 Å². The Hall–Kier alpha value is -2.36. The molecule has 116 valence electrons. The van der Waals surface area contributed by atoms with Crippen LogP contribution < -0.4 is 0 Å².